The van der Waals surface area contributed by atoms with Gasteiger partial charge in [0.15, 0.2) is 0 Å². The largest absolute Gasteiger partial charge is 0.369 e. The van der Waals surface area contributed by atoms with Crippen molar-refractivity contribution in [1.82, 2.24) is 4.90 Å². The van der Waals surface area contributed by atoms with Crippen molar-refractivity contribution in [3.63, 3.8) is 0 Å². The molecule has 0 bridgehead atoms. The summed E-state index contributed by atoms with van der Waals surface area (Å²) in [7, 11) is 1.73. The molecule has 1 saturated carbocycles. The van der Waals surface area contributed by atoms with Crippen molar-refractivity contribution in [3.8, 4) is 0 Å². The molecule has 2 atom stereocenters. The van der Waals surface area contributed by atoms with E-state index in [2.05, 4.69) is 0 Å². The van der Waals surface area contributed by atoms with Crippen LogP contribution in [0.5, 0.6) is 0 Å². The van der Waals surface area contributed by atoms with Crippen LogP contribution in [0, 0.1) is 5.92 Å². The minimum absolute atomic E-state index is 0.00171. The second-order valence-electron chi connectivity index (χ2n) is 3.64. The van der Waals surface area contributed by atoms with E-state index in [1.165, 1.54) is 6.92 Å². The van der Waals surface area contributed by atoms with Gasteiger partial charge in [0.25, 0.3) is 0 Å². The molecule has 1 aliphatic rings. The van der Waals surface area contributed by atoms with E-state index in [0.717, 1.165) is 19.3 Å². The first-order valence-electron chi connectivity index (χ1n) is 4.56. The average molecular weight is 184 g/mol. The van der Waals surface area contributed by atoms with Crippen LogP contribution in [0.4, 0.5) is 0 Å². The SMILES string of the molecule is CC(=O)N(C)[C@H]1CCC[C@H]1C(N)=O. The van der Waals surface area contributed by atoms with Crippen molar-refractivity contribution in [3.05, 3.63) is 0 Å². The Kier molecular flexibility index (Phi) is 2.90. The molecule has 0 spiro atoms. The van der Waals surface area contributed by atoms with Crippen LogP contribution in [0.1, 0.15) is 26.2 Å². The Morgan fingerprint density at radius 2 is 2.00 bits per heavy atom. The summed E-state index contributed by atoms with van der Waals surface area (Å²) in [5, 5.41) is 0. The number of nitrogens with two attached hydrogens (primary N) is 1. The van der Waals surface area contributed by atoms with Gasteiger partial charge in [-0.15, -0.1) is 0 Å². The summed E-state index contributed by atoms with van der Waals surface area (Å²) >= 11 is 0. The fourth-order valence-corrected chi connectivity index (χ4v) is 1.97. The van der Waals surface area contributed by atoms with E-state index in [-0.39, 0.29) is 23.8 Å². The normalized spacial score (nSPS) is 27.2. The van der Waals surface area contributed by atoms with Gasteiger partial charge in [-0.1, -0.05) is 6.42 Å². The van der Waals surface area contributed by atoms with Gasteiger partial charge < -0.3 is 10.6 Å². The van der Waals surface area contributed by atoms with Gasteiger partial charge in [0.05, 0.1) is 5.92 Å². The molecule has 1 rings (SSSR count). The summed E-state index contributed by atoms with van der Waals surface area (Å²) < 4.78 is 0. The number of hydrogen-bond acceptors (Lipinski definition) is 2. The number of carbonyl (C=O) groups is 2. The maximum atomic E-state index is 11.1. The quantitative estimate of drug-likeness (QED) is 0.662. The predicted octanol–water partition coefficient (Wildman–Crippen LogP) is 0.119. The topological polar surface area (TPSA) is 63.4 Å². The summed E-state index contributed by atoms with van der Waals surface area (Å²) in [5.74, 6) is -0.428. The highest BCUT2D eigenvalue weighted by Gasteiger charge is 2.34. The Balaban J connectivity index is 2.68. The zero-order valence-corrected chi connectivity index (χ0v) is 8.12. The lowest BCUT2D eigenvalue weighted by Gasteiger charge is -2.26. The minimum atomic E-state index is -0.282. The fourth-order valence-electron chi connectivity index (χ4n) is 1.97. The Hall–Kier alpha value is -1.06. The van der Waals surface area contributed by atoms with Gasteiger partial charge in [-0.25, -0.2) is 0 Å². The first kappa shape index (κ1) is 10.0. The van der Waals surface area contributed by atoms with Gasteiger partial charge >= 0.3 is 0 Å². The number of nitrogens with zero attached hydrogens (tertiary/aromatic N) is 1. The molecule has 0 unspecified atom stereocenters. The zero-order chi connectivity index (χ0) is 10.0. The summed E-state index contributed by atoms with van der Waals surface area (Å²) in [4.78, 5) is 23.7. The van der Waals surface area contributed by atoms with Crippen LogP contribution in [-0.2, 0) is 9.59 Å². The summed E-state index contributed by atoms with van der Waals surface area (Å²) in [5.41, 5.74) is 5.25. The molecule has 74 valence electrons. The molecule has 0 saturated heterocycles. The molecule has 4 nitrogen and oxygen atoms in total. The third-order valence-corrected chi connectivity index (χ3v) is 2.84. The van der Waals surface area contributed by atoms with E-state index in [9.17, 15) is 9.59 Å². The lowest BCUT2D eigenvalue weighted by Crippen LogP contribution is -2.42. The third-order valence-electron chi connectivity index (χ3n) is 2.84. The van der Waals surface area contributed by atoms with E-state index >= 15 is 0 Å². The van der Waals surface area contributed by atoms with Crippen molar-refractivity contribution in [2.24, 2.45) is 11.7 Å². The van der Waals surface area contributed by atoms with Crippen LogP contribution in [0.3, 0.4) is 0 Å². The van der Waals surface area contributed by atoms with Crippen molar-refractivity contribution in [2.45, 2.75) is 32.2 Å². The zero-order valence-electron chi connectivity index (χ0n) is 8.12. The second-order valence-corrected chi connectivity index (χ2v) is 3.64. The first-order chi connectivity index (χ1) is 6.04. The molecule has 4 heteroatoms. The summed E-state index contributed by atoms with van der Waals surface area (Å²) in [6.07, 6.45) is 2.69. The maximum absolute atomic E-state index is 11.1. The molecule has 0 aromatic heterocycles. The van der Waals surface area contributed by atoms with Crippen molar-refractivity contribution < 1.29 is 9.59 Å². The summed E-state index contributed by atoms with van der Waals surface area (Å²) in [6.45, 7) is 1.51. The maximum Gasteiger partial charge on any atom is 0.222 e. The Morgan fingerprint density at radius 3 is 2.46 bits per heavy atom. The highest BCUT2D eigenvalue weighted by Crippen LogP contribution is 2.28. The Morgan fingerprint density at radius 1 is 1.38 bits per heavy atom. The third kappa shape index (κ3) is 1.99. The monoisotopic (exact) mass is 184 g/mol. The van der Waals surface area contributed by atoms with Gasteiger partial charge in [-0.05, 0) is 12.8 Å². The van der Waals surface area contributed by atoms with E-state index in [4.69, 9.17) is 5.73 Å². The molecule has 0 aromatic rings. The van der Waals surface area contributed by atoms with E-state index in [0.29, 0.717) is 0 Å². The number of amides is 2. The first-order valence-corrected chi connectivity index (χ1v) is 4.56. The van der Waals surface area contributed by atoms with E-state index in [1.807, 2.05) is 0 Å². The molecule has 0 aliphatic heterocycles. The molecule has 1 fully saturated rings. The van der Waals surface area contributed by atoms with Crippen LogP contribution >= 0.6 is 0 Å². The summed E-state index contributed by atoms with van der Waals surface area (Å²) in [6, 6.07) is 0.0231. The number of carbonyl (C=O) groups excluding carboxylic acids is 2. The lowest BCUT2D eigenvalue weighted by molar-refractivity contribution is -0.132. The molecule has 2 N–H and O–H groups in total. The van der Waals surface area contributed by atoms with Crippen molar-refractivity contribution >= 4 is 11.8 Å². The molecule has 0 radical (unpaired) electrons. The molecule has 0 aromatic carbocycles. The average Bonchev–Trinajstić information content (AvgIpc) is 2.50. The number of primary amides is 1. The van der Waals surface area contributed by atoms with Gasteiger partial charge in [0.1, 0.15) is 0 Å². The minimum Gasteiger partial charge on any atom is -0.369 e. The molecular weight excluding hydrogens is 168 g/mol. The highest BCUT2D eigenvalue weighted by molar-refractivity contribution is 5.79. The fraction of sp³-hybridized carbons (Fsp3) is 0.778. The van der Waals surface area contributed by atoms with Crippen LogP contribution in [0.2, 0.25) is 0 Å². The van der Waals surface area contributed by atoms with Gasteiger partial charge in [0.2, 0.25) is 11.8 Å². The molecule has 2 amide bonds. The lowest BCUT2D eigenvalue weighted by atomic mass is 10.0. The van der Waals surface area contributed by atoms with Gasteiger partial charge in [0, 0.05) is 20.0 Å². The molecule has 0 heterocycles. The van der Waals surface area contributed by atoms with Gasteiger partial charge in [-0.2, -0.15) is 0 Å². The van der Waals surface area contributed by atoms with E-state index in [1.54, 1.807) is 11.9 Å². The van der Waals surface area contributed by atoms with Gasteiger partial charge in [-0.3, -0.25) is 9.59 Å². The molecule has 13 heavy (non-hydrogen) atoms. The van der Waals surface area contributed by atoms with Crippen molar-refractivity contribution in [1.29, 1.82) is 0 Å². The second kappa shape index (κ2) is 3.77. The Bertz CT molecular complexity index is 228. The van der Waals surface area contributed by atoms with Crippen LogP contribution in [0.15, 0.2) is 0 Å². The van der Waals surface area contributed by atoms with E-state index < -0.39 is 0 Å². The molecular formula is C9H16N2O2. The van der Waals surface area contributed by atoms with Crippen LogP contribution in [-0.4, -0.2) is 29.8 Å². The Labute approximate surface area is 78.1 Å². The molecule has 1 aliphatic carbocycles. The smallest absolute Gasteiger partial charge is 0.222 e. The number of rotatable bonds is 2. The van der Waals surface area contributed by atoms with Crippen LogP contribution in [0.25, 0.3) is 0 Å². The van der Waals surface area contributed by atoms with Crippen LogP contribution < -0.4 is 5.73 Å². The highest BCUT2D eigenvalue weighted by atomic mass is 16.2. The van der Waals surface area contributed by atoms with Crippen molar-refractivity contribution in [2.75, 3.05) is 7.05 Å². The predicted molar refractivity (Wildman–Crippen MR) is 48.8 cm³/mol. The standard InChI is InChI=1S/C9H16N2O2/c1-6(12)11(2)8-5-3-4-7(8)9(10)13/h7-8H,3-5H2,1-2H3,(H2,10,13)/t7-,8+/m1/s1. The number of hydrogen-bond donors (Lipinski definition) is 1.